The predicted molar refractivity (Wildman–Crippen MR) is 42.0 cm³/mol. The van der Waals surface area contributed by atoms with Crippen LogP contribution in [0.25, 0.3) is 0 Å². The van der Waals surface area contributed by atoms with E-state index in [1.807, 2.05) is 13.8 Å². The van der Waals surface area contributed by atoms with E-state index in [2.05, 4.69) is 13.8 Å². The molecule has 0 spiro atoms. The first-order valence-corrected chi connectivity index (χ1v) is 3.56. The fourth-order valence-corrected chi connectivity index (χ4v) is 0.289. The van der Waals surface area contributed by atoms with Gasteiger partial charge in [0, 0.05) is 7.47 Å². The number of hydrogen-bond donors (Lipinski definition) is 1. The van der Waals surface area contributed by atoms with Gasteiger partial charge in [-0.1, -0.05) is 27.7 Å². The van der Waals surface area contributed by atoms with Crippen molar-refractivity contribution in [3.8, 4) is 0 Å². The van der Waals surface area contributed by atoms with Gasteiger partial charge < -0.3 is 5.73 Å². The summed E-state index contributed by atoms with van der Waals surface area (Å²) in [5, 5.41) is 0. The van der Waals surface area contributed by atoms with E-state index in [9.17, 15) is 0 Å². The number of nitrogens with two attached hydrogens (primary N) is 1. The Labute approximate surface area is 54.8 Å². The van der Waals surface area contributed by atoms with Gasteiger partial charge >= 0.3 is 0 Å². The first-order chi connectivity index (χ1) is 3.81. The molecule has 0 aromatic carbocycles. The van der Waals surface area contributed by atoms with Crippen molar-refractivity contribution in [2.45, 2.75) is 46.6 Å². The van der Waals surface area contributed by atoms with E-state index in [4.69, 9.17) is 5.73 Å². The molecule has 0 saturated carbocycles. The highest BCUT2D eigenvalue weighted by Gasteiger charge is 1.88. The van der Waals surface area contributed by atoms with Gasteiger partial charge in [0.25, 0.3) is 0 Å². The summed E-state index contributed by atoms with van der Waals surface area (Å²) in [6.45, 7) is 8.21. The minimum absolute atomic E-state index is 0. The standard InChI is InChI=1S/C5H13N.C2H6.H2/c1-3-5(6)4-2;1-2;/h5H,3-4,6H2,1-2H3;1-2H3;1H. The van der Waals surface area contributed by atoms with Gasteiger partial charge in [0.1, 0.15) is 0 Å². The maximum absolute atomic E-state index is 5.47. The second kappa shape index (κ2) is 10.0. The third-order valence-corrected chi connectivity index (χ3v) is 1.05. The van der Waals surface area contributed by atoms with Crippen LogP contribution in [0.4, 0.5) is 0 Å². The van der Waals surface area contributed by atoms with Gasteiger partial charge in [-0.15, -0.1) is 0 Å². The summed E-state index contributed by atoms with van der Waals surface area (Å²) in [5.41, 5.74) is 5.47. The Balaban J connectivity index is -0.000000109. The summed E-state index contributed by atoms with van der Waals surface area (Å²) in [6.07, 6.45) is 2.22. The largest absolute Gasteiger partial charge is 0.328 e. The number of rotatable bonds is 2. The molecule has 0 unspecified atom stereocenters. The van der Waals surface area contributed by atoms with Gasteiger partial charge in [0.2, 0.25) is 0 Å². The molecule has 0 aromatic heterocycles. The fraction of sp³-hybridized carbons (Fsp3) is 1.00. The van der Waals surface area contributed by atoms with Crippen molar-refractivity contribution < 1.29 is 1.43 Å². The lowest BCUT2D eigenvalue weighted by atomic mass is 10.2. The predicted octanol–water partition coefficient (Wildman–Crippen LogP) is 2.41. The smallest absolute Gasteiger partial charge is 0.00335 e. The summed E-state index contributed by atoms with van der Waals surface area (Å²) in [5.74, 6) is 0. The van der Waals surface area contributed by atoms with Crippen LogP contribution in [0.2, 0.25) is 0 Å². The molecule has 1 heteroatoms. The molecule has 8 heavy (non-hydrogen) atoms. The van der Waals surface area contributed by atoms with Gasteiger partial charge in [0.05, 0.1) is 0 Å². The van der Waals surface area contributed by atoms with Crippen LogP contribution in [-0.2, 0) is 0 Å². The van der Waals surface area contributed by atoms with Crippen LogP contribution in [-0.4, -0.2) is 6.04 Å². The van der Waals surface area contributed by atoms with Gasteiger partial charge in [-0.2, -0.15) is 0 Å². The van der Waals surface area contributed by atoms with Crippen molar-refractivity contribution in [1.29, 1.82) is 0 Å². The highest BCUT2D eigenvalue weighted by molar-refractivity contribution is 4.51. The molecule has 0 aliphatic heterocycles. The Morgan fingerprint density at radius 1 is 1.25 bits per heavy atom. The van der Waals surface area contributed by atoms with Gasteiger partial charge in [-0.05, 0) is 12.8 Å². The first-order valence-electron chi connectivity index (χ1n) is 3.56. The molecule has 0 fully saturated rings. The average molecular weight is 119 g/mol. The third-order valence-electron chi connectivity index (χ3n) is 1.05. The van der Waals surface area contributed by atoms with E-state index in [-0.39, 0.29) is 1.43 Å². The molecular weight excluding hydrogens is 98.1 g/mol. The minimum atomic E-state index is 0. The Bertz CT molecular complexity index is 28.1. The summed E-state index contributed by atoms with van der Waals surface area (Å²) < 4.78 is 0. The van der Waals surface area contributed by atoms with E-state index < -0.39 is 0 Å². The first kappa shape index (κ1) is 10.9. The Kier molecular flexibility index (Phi) is 13.6. The van der Waals surface area contributed by atoms with E-state index in [1.54, 1.807) is 0 Å². The van der Waals surface area contributed by atoms with Gasteiger partial charge in [0.15, 0.2) is 0 Å². The second-order valence-corrected chi connectivity index (χ2v) is 1.58. The van der Waals surface area contributed by atoms with Crippen LogP contribution < -0.4 is 5.73 Å². The molecule has 54 valence electrons. The van der Waals surface area contributed by atoms with Crippen molar-refractivity contribution in [3.63, 3.8) is 0 Å². The topological polar surface area (TPSA) is 26.0 Å². The normalized spacial score (nSPS) is 8.25. The highest BCUT2D eigenvalue weighted by Crippen LogP contribution is 1.88. The molecule has 0 atom stereocenters. The average Bonchev–Trinajstić information content (AvgIpc) is 1.91. The summed E-state index contributed by atoms with van der Waals surface area (Å²) in [7, 11) is 0. The van der Waals surface area contributed by atoms with Crippen molar-refractivity contribution in [3.05, 3.63) is 0 Å². The zero-order valence-corrected chi connectivity index (χ0v) is 6.57. The second-order valence-electron chi connectivity index (χ2n) is 1.58. The van der Waals surface area contributed by atoms with E-state index in [0.717, 1.165) is 12.8 Å². The molecule has 0 bridgehead atoms. The molecular formula is C7H21N. The molecule has 0 heterocycles. The van der Waals surface area contributed by atoms with Crippen LogP contribution >= 0.6 is 0 Å². The quantitative estimate of drug-likeness (QED) is 0.593. The lowest BCUT2D eigenvalue weighted by Crippen LogP contribution is -2.16. The van der Waals surface area contributed by atoms with Crippen LogP contribution in [0.1, 0.15) is 42.0 Å². The highest BCUT2D eigenvalue weighted by atomic mass is 14.6. The summed E-state index contributed by atoms with van der Waals surface area (Å²) in [6, 6.07) is 0.435. The molecule has 0 rings (SSSR count). The SMILES string of the molecule is CC.CCC(N)CC.[HH]. The van der Waals surface area contributed by atoms with Gasteiger partial charge in [-0.25, -0.2) is 0 Å². The zero-order chi connectivity index (χ0) is 6.99. The van der Waals surface area contributed by atoms with E-state index in [0.29, 0.717) is 6.04 Å². The van der Waals surface area contributed by atoms with Crippen LogP contribution in [0, 0.1) is 0 Å². The monoisotopic (exact) mass is 119 g/mol. The molecule has 2 N–H and O–H groups in total. The van der Waals surface area contributed by atoms with E-state index >= 15 is 0 Å². The maximum atomic E-state index is 5.47. The van der Waals surface area contributed by atoms with Crippen LogP contribution in [0.5, 0.6) is 0 Å². The molecule has 0 aromatic rings. The van der Waals surface area contributed by atoms with Crippen molar-refractivity contribution in [1.82, 2.24) is 0 Å². The Hall–Kier alpha value is -0.0400. The number of hydrogen-bond acceptors (Lipinski definition) is 1. The molecule has 0 aliphatic rings. The van der Waals surface area contributed by atoms with Crippen LogP contribution in [0.15, 0.2) is 0 Å². The summed E-state index contributed by atoms with van der Waals surface area (Å²) >= 11 is 0. The fourth-order valence-electron chi connectivity index (χ4n) is 0.289. The van der Waals surface area contributed by atoms with Crippen molar-refractivity contribution in [2.24, 2.45) is 5.73 Å². The zero-order valence-electron chi connectivity index (χ0n) is 6.57. The molecule has 1 nitrogen and oxygen atoms in total. The molecule has 0 saturated heterocycles. The molecule has 0 amide bonds. The van der Waals surface area contributed by atoms with Crippen LogP contribution in [0.3, 0.4) is 0 Å². The van der Waals surface area contributed by atoms with Gasteiger partial charge in [-0.3, -0.25) is 0 Å². The van der Waals surface area contributed by atoms with E-state index in [1.165, 1.54) is 0 Å². The molecule has 0 aliphatic carbocycles. The Morgan fingerprint density at radius 2 is 1.50 bits per heavy atom. The van der Waals surface area contributed by atoms with Crippen molar-refractivity contribution >= 4 is 0 Å². The maximum Gasteiger partial charge on any atom is 0.00335 e. The minimum Gasteiger partial charge on any atom is -0.328 e. The lowest BCUT2D eigenvalue weighted by Gasteiger charge is -1.99. The molecule has 0 radical (unpaired) electrons. The summed E-state index contributed by atoms with van der Waals surface area (Å²) in [4.78, 5) is 0. The third kappa shape index (κ3) is 9.35. The Morgan fingerprint density at radius 3 is 1.50 bits per heavy atom. The lowest BCUT2D eigenvalue weighted by molar-refractivity contribution is 0.629. The van der Waals surface area contributed by atoms with Crippen molar-refractivity contribution in [2.75, 3.05) is 0 Å².